The second-order valence-corrected chi connectivity index (χ2v) is 4.27. The molecule has 0 unspecified atom stereocenters. The second kappa shape index (κ2) is 7.19. The van der Waals surface area contributed by atoms with E-state index < -0.39 is 0 Å². The smallest absolute Gasteiger partial charge is 0.255 e. The fraction of sp³-hybridized carbons (Fsp3) is 0.188. The lowest BCUT2D eigenvalue weighted by Gasteiger charge is -2.10. The van der Waals surface area contributed by atoms with Gasteiger partial charge in [-0.25, -0.2) is 0 Å². The molecule has 0 atom stereocenters. The number of nitrogens with one attached hydrogen (secondary N) is 1. The molecule has 2 rings (SSSR count). The van der Waals surface area contributed by atoms with E-state index in [1.165, 1.54) is 13.2 Å². The molecule has 0 radical (unpaired) electrons. The van der Waals surface area contributed by atoms with Gasteiger partial charge in [-0.05, 0) is 24.3 Å². The first-order chi connectivity index (χ1) is 10.2. The third-order valence-corrected chi connectivity index (χ3v) is 2.86. The van der Waals surface area contributed by atoms with E-state index in [1.807, 2.05) is 30.3 Å². The number of aromatic hydroxyl groups is 1. The number of ether oxygens (including phenoxy) is 2. The Kier molecular flexibility index (Phi) is 5.04. The van der Waals surface area contributed by atoms with E-state index in [1.54, 1.807) is 12.1 Å². The molecule has 0 aliphatic carbocycles. The van der Waals surface area contributed by atoms with Crippen LogP contribution in [0.4, 0.5) is 0 Å². The molecule has 2 aromatic carbocycles. The molecule has 0 aliphatic heterocycles. The Morgan fingerprint density at radius 1 is 1.14 bits per heavy atom. The summed E-state index contributed by atoms with van der Waals surface area (Å²) in [5.41, 5.74) is 0.175. The Balaban J connectivity index is 1.85. The van der Waals surface area contributed by atoms with Crippen LogP contribution in [0.5, 0.6) is 17.2 Å². The van der Waals surface area contributed by atoms with Crippen LogP contribution in [0, 0.1) is 0 Å². The first kappa shape index (κ1) is 14.7. The number of carbonyl (C=O) groups is 1. The summed E-state index contributed by atoms with van der Waals surface area (Å²) >= 11 is 0. The van der Waals surface area contributed by atoms with Gasteiger partial charge in [0.05, 0.1) is 19.2 Å². The molecule has 110 valence electrons. The normalized spacial score (nSPS) is 9.95. The van der Waals surface area contributed by atoms with E-state index in [9.17, 15) is 9.90 Å². The number of benzene rings is 2. The van der Waals surface area contributed by atoms with Crippen LogP contribution in [0.1, 0.15) is 10.4 Å². The van der Waals surface area contributed by atoms with E-state index in [0.717, 1.165) is 5.75 Å². The van der Waals surface area contributed by atoms with E-state index in [0.29, 0.717) is 13.2 Å². The minimum absolute atomic E-state index is 0.165. The molecule has 5 nitrogen and oxygen atoms in total. The molecule has 0 spiro atoms. The maximum Gasteiger partial charge on any atom is 0.255 e. The van der Waals surface area contributed by atoms with Gasteiger partial charge in [-0.2, -0.15) is 0 Å². The first-order valence-electron chi connectivity index (χ1n) is 6.54. The Hall–Kier alpha value is -2.69. The Labute approximate surface area is 123 Å². The number of phenols is 1. The molecule has 0 bridgehead atoms. The topological polar surface area (TPSA) is 67.8 Å². The van der Waals surface area contributed by atoms with E-state index >= 15 is 0 Å². The van der Waals surface area contributed by atoms with Gasteiger partial charge in [0.2, 0.25) is 0 Å². The monoisotopic (exact) mass is 287 g/mol. The van der Waals surface area contributed by atoms with Crippen molar-refractivity contribution in [3.8, 4) is 17.2 Å². The van der Waals surface area contributed by atoms with Gasteiger partial charge in [0.25, 0.3) is 5.91 Å². The SMILES string of the molecule is COc1cccc(C(=O)NCCOc2ccccc2)c1O. The maximum absolute atomic E-state index is 12.0. The molecule has 5 heteroatoms. The quantitative estimate of drug-likeness (QED) is 0.799. The maximum atomic E-state index is 12.0. The highest BCUT2D eigenvalue weighted by Gasteiger charge is 2.14. The number of methoxy groups -OCH3 is 1. The Morgan fingerprint density at radius 2 is 1.90 bits per heavy atom. The molecule has 2 N–H and O–H groups in total. The van der Waals surface area contributed by atoms with Crippen LogP contribution in [-0.2, 0) is 0 Å². The lowest BCUT2D eigenvalue weighted by molar-refractivity contribution is 0.0943. The number of hydrogen-bond donors (Lipinski definition) is 2. The summed E-state index contributed by atoms with van der Waals surface area (Å²) in [6, 6.07) is 14.1. The van der Waals surface area contributed by atoms with Crippen molar-refractivity contribution in [2.24, 2.45) is 0 Å². The Morgan fingerprint density at radius 3 is 2.62 bits per heavy atom. The highest BCUT2D eigenvalue weighted by Crippen LogP contribution is 2.29. The summed E-state index contributed by atoms with van der Waals surface area (Å²) in [7, 11) is 1.43. The van der Waals surface area contributed by atoms with Crippen molar-refractivity contribution >= 4 is 5.91 Å². The van der Waals surface area contributed by atoms with Crippen molar-refractivity contribution in [3.05, 3.63) is 54.1 Å². The number of rotatable bonds is 6. The van der Waals surface area contributed by atoms with E-state index in [4.69, 9.17) is 9.47 Å². The van der Waals surface area contributed by atoms with Crippen molar-refractivity contribution in [2.75, 3.05) is 20.3 Å². The van der Waals surface area contributed by atoms with Crippen LogP contribution in [-0.4, -0.2) is 31.3 Å². The molecule has 0 saturated heterocycles. The zero-order valence-electron chi connectivity index (χ0n) is 11.7. The zero-order chi connectivity index (χ0) is 15.1. The summed E-state index contributed by atoms with van der Waals surface area (Å²) in [6.07, 6.45) is 0. The van der Waals surface area contributed by atoms with E-state index in [-0.39, 0.29) is 23.0 Å². The first-order valence-corrected chi connectivity index (χ1v) is 6.54. The average Bonchev–Trinajstić information content (AvgIpc) is 2.52. The fourth-order valence-electron chi connectivity index (χ4n) is 1.82. The van der Waals surface area contributed by atoms with Crippen LogP contribution in [0.2, 0.25) is 0 Å². The highest BCUT2D eigenvalue weighted by molar-refractivity contribution is 5.97. The van der Waals surface area contributed by atoms with Gasteiger partial charge in [-0.15, -0.1) is 0 Å². The summed E-state index contributed by atoms with van der Waals surface area (Å²) in [4.78, 5) is 12.0. The minimum atomic E-state index is -0.372. The van der Waals surface area contributed by atoms with Crippen molar-refractivity contribution in [1.82, 2.24) is 5.32 Å². The van der Waals surface area contributed by atoms with Gasteiger partial charge in [-0.3, -0.25) is 4.79 Å². The number of para-hydroxylation sites is 2. The van der Waals surface area contributed by atoms with Gasteiger partial charge in [0.15, 0.2) is 11.5 Å². The van der Waals surface area contributed by atoms with Crippen molar-refractivity contribution in [2.45, 2.75) is 0 Å². The zero-order valence-corrected chi connectivity index (χ0v) is 11.7. The lowest BCUT2D eigenvalue weighted by atomic mass is 10.1. The molecule has 0 heterocycles. The summed E-state index contributed by atoms with van der Waals surface area (Å²) in [6.45, 7) is 0.685. The summed E-state index contributed by atoms with van der Waals surface area (Å²) < 4.78 is 10.4. The number of phenolic OH excluding ortho intramolecular Hbond substituents is 1. The highest BCUT2D eigenvalue weighted by atomic mass is 16.5. The number of amides is 1. The Bertz CT molecular complexity index is 598. The average molecular weight is 287 g/mol. The van der Waals surface area contributed by atoms with Gasteiger partial charge < -0.3 is 19.9 Å². The molecule has 0 aromatic heterocycles. The van der Waals surface area contributed by atoms with Gasteiger partial charge in [0.1, 0.15) is 12.4 Å². The van der Waals surface area contributed by atoms with Crippen LogP contribution in [0.15, 0.2) is 48.5 Å². The third kappa shape index (κ3) is 3.89. The fourth-order valence-corrected chi connectivity index (χ4v) is 1.82. The summed E-state index contributed by atoms with van der Waals surface area (Å²) in [5, 5.41) is 12.6. The van der Waals surface area contributed by atoms with Gasteiger partial charge >= 0.3 is 0 Å². The third-order valence-electron chi connectivity index (χ3n) is 2.86. The molecular weight excluding hydrogens is 270 g/mol. The van der Waals surface area contributed by atoms with Crippen molar-refractivity contribution in [3.63, 3.8) is 0 Å². The predicted molar refractivity (Wildman–Crippen MR) is 78.9 cm³/mol. The lowest BCUT2D eigenvalue weighted by Crippen LogP contribution is -2.28. The molecule has 2 aromatic rings. The molecule has 21 heavy (non-hydrogen) atoms. The van der Waals surface area contributed by atoms with Gasteiger partial charge in [0, 0.05) is 0 Å². The van der Waals surface area contributed by atoms with Crippen molar-refractivity contribution < 1.29 is 19.4 Å². The summed E-state index contributed by atoms with van der Waals surface area (Å²) in [5.74, 6) is 0.476. The minimum Gasteiger partial charge on any atom is -0.504 e. The van der Waals surface area contributed by atoms with Crippen LogP contribution in [0.3, 0.4) is 0 Å². The molecule has 0 saturated carbocycles. The largest absolute Gasteiger partial charge is 0.504 e. The molecule has 0 aliphatic rings. The van der Waals surface area contributed by atoms with Crippen LogP contribution >= 0.6 is 0 Å². The predicted octanol–water partition coefficient (Wildman–Crippen LogP) is 2.21. The molecule has 0 fully saturated rings. The second-order valence-electron chi connectivity index (χ2n) is 4.27. The number of carbonyl (C=O) groups excluding carboxylic acids is 1. The van der Waals surface area contributed by atoms with Crippen LogP contribution < -0.4 is 14.8 Å². The van der Waals surface area contributed by atoms with Crippen molar-refractivity contribution in [1.29, 1.82) is 0 Å². The van der Waals surface area contributed by atoms with Crippen LogP contribution in [0.25, 0.3) is 0 Å². The molecular formula is C16H17NO4. The van der Waals surface area contributed by atoms with Gasteiger partial charge in [-0.1, -0.05) is 24.3 Å². The van der Waals surface area contributed by atoms with E-state index in [2.05, 4.69) is 5.32 Å². The number of hydrogen-bond acceptors (Lipinski definition) is 4. The standard InChI is InChI=1S/C16H17NO4/c1-20-14-9-5-8-13(15(14)18)16(19)17-10-11-21-12-6-3-2-4-7-12/h2-9,18H,10-11H2,1H3,(H,17,19). The molecule has 1 amide bonds.